The second-order valence-electron chi connectivity index (χ2n) is 4.74. The molecule has 1 atom stereocenters. The molecule has 0 fully saturated rings. The molecule has 0 bridgehead atoms. The second-order valence-corrected chi connectivity index (χ2v) is 4.74. The molecule has 0 heterocycles. The van der Waals surface area contributed by atoms with E-state index < -0.39 is 11.2 Å². The summed E-state index contributed by atoms with van der Waals surface area (Å²) in [5.74, 6) is 0. The summed E-state index contributed by atoms with van der Waals surface area (Å²) in [6.07, 6.45) is 0.946. The normalized spacial score (nSPS) is 16.1. The molecule has 1 rings (SSSR count). The molecular formula is C13H20O2. The zero-order valence-corrected chi connectivity index (χ0v) is 9.70. The number of benzene rings is 1. The molecule has 0 aliphatic rings. The van der Waals surface area contributed by atoms with E-state index in [9.17, 15) is 10.2 Å². The lowest BCUT2D eigenvalue weighted by Crippen LogP contribution is -2.35. The molecule has 2 N–H and O–H groups in total. The van der Waals surface area contributed by atoms with Crippen LogP contribution in [0.3, 0.4) is 0 Å². The summed E-state index contributed by atoms with van der Waals surface area (Å²) in [5.41, 5.74) is -0.922. The van der Waals surface area contributed by atoms with E-state index in [1.54, 1.807) is 13.8 Å². The van der Waals surface area contributed by atoms with Crippen molar-refractivity contribution in [2.75, 3.05) is 0 Å². The Kier molecular flexibility index (Phi) is 3.53. The van der Waals surface area contributed by atoms with Gasteiger partial charge in [0.15, 0.2) is 0 Å². The minimum Gasteiger partial charge on any atom is -0.390 e. The summed E-state index contributed by atoms with van der Waals surface area (Å²) in [4.78, 5) is 0. The summed E-state index contributed by atoms with van der Waals surface area (Å²) < 4.78 is 0. The first kappa shape index (κ1) is 12.2. The third-order valence-corrected chi connectivity index (χ3v) is 2.62. The minimum atomic E-state index is -0.931. The molecule has 2 heteroatoms. The van der Waals surface area contributed by atoms with Crippen molar-refractivity contribution in [2.45, 2.75) is 44.8 Å². The van der Waals surface area contributed by atoms with Gasteiger partial charge < -0.3 is 10.2 Å². The van der Waals surface area contributed by atoms with E-state index in [0.717, 1.165) is 5.56 Å². The lowest BCUT2D eigenvalue weighted by atomic mass is 9.82. The van der Waals surface area contributed by atoms with Gasteiger partial charge >= 0.3 is 0 Å². The van der Waals surface area contributed by atoms with E-state index in [1.807, 2.05) is 37.3 Å². The number of hydrogen-bond acceptors (Lipinski definition) is 2. The Bertz CT molecular complexity index is 300. The van der Waals surface area contributed by atoms with Gasteiger partial charge in [0, 0.05) is 6.42 Å². The molecule has 0 amide bonds. The Balaban J connectivity index is 2.96. The van der Waals surface area contributed by atoms with E-state index in [4.69, 9.17) is 0 Å². The van der Waals surface area contributed by atoms with Crippen LogP contribution in [0.2, 0.25) is 0 Å². The molecule has 1 aromatic carbocycles. The van der Waals surface area contributed by atoms with Gasteiger partial charge in [-0.1, -0.05) is 37.3 Å². The van der Waals surface area contributed by atoms with Gasteiger partial charge in [-0.25, -0.2) is 0 Å². The summed E-state index contributed by atoms with van der Waals surface area (Å²) in [7, 11) is 0. The van der Waals surface area contributed by atoms with Crippen LogP contribution in [-0.2, 0) is 5.60 Å². The summed E-state index contributed by atoms with van der Waals surface area (Å²) in [5, 5.41) is 20.3. The summed E-state index contributed by atoms with van der Waals surface area (Å²) >= 11 is 0. The average molecular weight is 208 g/mol. The van der Waals surface area contributed by atoms with Gasteiger partial charge in [0.05, 0.1) is 11.2 Å². The third kappa shape index (κ3) is 3.33. The van der Waals surface area contributed by atoms with Gasteiger partial charge in [0.1, 0.15) is 0 Å². The highest BCUT2D eigenvalue weighted by molar-refractivity contribution is 5.22. The molecule has 0 radical (unpaired) electrons. The van der Waals surface area contributed by atoms with E-state index in [1.165, 1.54) is 0 Å². The molecular weight excluding hydrogens is 188 g/mol. The quantitative estimate of drug-likeness (QED) is 0.798. The zero-order chi connectivity index (χ0) is 11.5. The molecule has 0 aliphatic heterocycles. The molecule has 0 spiro atoms. The van der Waals surface area contributed by atoms with Gasteiger partial charge in [-0.3, -0.25) is 0 Å². The van der Waals surface area contributed by atoms with E-state index in [2.05, 4.69) is 0 Å². The van der Waals surface area contributed by atoms with Gasteiger partial charge in [-0.2, -0.15) is 0 Å². The average Bonchev–Trinajstić information content (AvgIpc) is 2.16. The molecule has 1 aromatic rings. The lowest BCUT2D eigenvalue weighted by Gasteiger charge is -2.33. The van der Waals surface area contributed by atoms with Crippen LogP contribution in [0.15, 0.2) is 30.3 Å². The van der Waals surface area contributed by atoms with Crippen molar-refractivity contribution in [3.05, 3.63) is 35.9 Å². The van der Waals surface area contributed by atoms with Crippen LogP contribution < -0.4 is 0 Å². The third-order valence-electron chi connectivity index (χ3n) is 2.62. The van der Waals surface area contributed by atoms with Crippen molar-refractivity contribution < 1.29 is 10.2 Å². The summed E-state index contributed by atoms with van der Waals surface area (Å²) in [6.45, 7) is 5.37. The molecule has 0 aliphatic carbocycles. The second kappa shape index (κ2) is 4.33. The fourth-order valence-corrected chi connectivity index (χ4v) is 1.90. The predicted octanol–water partition coefficient (Wildman–Crippen LogP) is 2.45. The lowest BCUT2D eigenvalue weighted by molar-refractivity contribution is -0.0530. The van der Waals surface area contributed by atoms with Crippen molar-refractivity contribution in [1.29, 1.82) is 0 Å². The zero-order valence-electron chi connectivity index (χ0n) is 9.70. The molecule has 1 unspecified atom stereocenters. The van der Waals surface area contributed by atoms with Gasteiger partial charge in [-0.15, -0.1) is 0 Å². The molecule has 0 aromatic heterocycles. The van der Waals surface area contributed by atoms with Crippen LogP contribution in [0.1, 0.15) is 39.2 Å². The molecule has 2 nitrogen and oxygen atoms in total. The van der Waals surface area contributed by atoms with Gasteiger partial charge in [-0.05, 0) is 25.8 Å². The maximum Gasteiger partial charge on any atom is 0.0921 e. The number of hydrogen-bond donors (Lipinski definition) is 2. The van der Waals surface area contributed by atoms with Crippen LogP contribution in [0.25, 0.3) is 0 Å². The van der Waals surface area contributed by atoms with E-state index in [-0.39, 0.29) is 0 Å². The van der Waals surface area contributed by atoms with Crippen molar-refractivity contribution >= 4 is 0 Å². The Labute approximate surface area is 91.6 Å². The fourth-order valence-electron chi connectivity index (χ4n) is 1.90. The Morgan fingerprint density at radius 3 is 2.00 bits per heavy atom. The molecule has 84 valence electrons. The largest absolute Gasteiger partial charge is 0.390 e. The van der Waals surface area contributed by atoms with Crippen molar-refractivity contribution in [3.63, 3.8) is 0 Å². The molecule has 0 saturated heterocycles. The van der Waals surface area contributed by atoms with Crippen LogP contribution in [0.4, 0.5) is 0 Å². The van der Waals surface area contributed by atoms with Crippen molar-refractivity contribution in [2.24, 2.45) is 0 Å². The Morgan fingerprint density at radius 1 is 1.07 bits per heavy atom. The standard InChI is InChI=1S/C13H20O2/c1-4-13(15,10-12(2,3)14)11-8-6-5-7-9-11/h5-9,14-15H,4,10H2,1-3H3. The predicted molar refractivity (Wildman–Crippen MR) is 61.5 cm³/mol. The first-order valence-electron chi connectivity index (χ1n) is 5.38. The maximum absolute atomic E-state index is 10.5. The molecule has 0 saturated carbocycles. The van der Waals surface area contributed by atoms with Gasteiger partial charge in [0.2, 0.25) is 0 Å². The first-order valence-corrected chi connectivity index (χ1v) is 5.38. The highest BCUT2D eigenvalue weighted by Gasteiger charge is 2.33. The fraction of sp³-hybridized carbons (Fsp3) is 0.538. The Morgan fingerprint density at radius 2 is 1.60 bits per heavy atom. The highest BCUT2D eigenvalue weighted by Crippen LogP contribution is 2.33. The maximum atomic E-state index is 10.5. The van der Waals surface area contributed by atoms with Gasteiger partial charge in [0.25, 0.3) is 0 Å². The number of rotatable bonds is 4. The van der Waals surface area contributed by atoms with E-state index >= 15 is 0 Å². The first-order chi connectivity index (χ1) is 6.87. The van der Waals surface area contributed by atoms with Crippen LogP contribution in [0, 0.1) is 0 Å². The topological polar surface area (TPSA) is 40.5 Å². The van der Waals surface area contributed by atoms with E-state index in [0.29, 0.717) is 12.8 Å². The number of aliphatic hydroxyl groups is 2. The van der Waals surface area contributed by atoms with Crippen molar-refractivity contribution in [3.8, 4) is 0 Å². The SMILES string of the molecule is CCC(O)(CC(C)(C)O)c1ccccc1. The van der Waals surface area contributed by atoms with Crippen molar-refractivity contribution in [1.82, 2.24) is 0 Å². The van der Waals surface area contributed by atoms with Crippen LogP contribution in [-0.4, -0.2) is 15.8 Å². The Hall–Kier alpha value is -0.860. The highest BCUT2D eigenvalue weighted by atomic mass is 16.3. The monoisotopic (exact) mass is 208 g/mol. The molecule has 15 heavy (non-hydrogen) atoms. The van der Waals surface area contributed by atoms with Crippen LogP contribution in [0.5, 0.6) is 0 Å². The smallest absolute Gasteiger partial charge is 0.0921 e. The minimum absolute atomic E-state index is 0.348. The summed E-state index contributed by atoms with van der Waals surface area (Å²) in [6, 6.07) is 9.52. The van der Waals surface area contributed by atoms with Crippen LogP contribution >= 0.6 is 0 Å².